The zero-order valence-corrected chi connectivity index (χ0v) is 8.50. The molecule has 7 heavy (non-hydrogen) atoms. The van der Waals surface area contributed by atoms with Gasteiger partial charge in [-0.2, -0.15) is 0 Å². The van der Waals surface area contributed by atoms with Crippen molar-refractivity contribution in [3.63, 3.8) is 0 Å². The minimum Gasteiger partial charge on any atom is -0.0654 e. The summed E-state index contributed by atoms with van der Waals surface area (Å²) >= 11 is 0. The molecular formula is C6H14Zn. The van der Waals surface area contributed by atoms with Gasteiger partial charge in [-0.1, -0.05) is 39.5 Å². The Morgan fingerprint density at radius 3 is 1.29 bits per heavy atom. The maximum absolute atomic E-state index is 2.23. The molecule has 1 heteroatoms. The van der Waals surface area contributed by atoms with Crippen LogP contribution in [-0.4, -0.2) is 0 Å². The molecule has 0 saturated heterocycles. The Bertz CT molecular complexity index is 16.1. The van der Waals surface area contributed by atoms with E-state index in [-0.39, 0.29) is 19.5 Å². The van der Waals surface area contributed by atoms with Gasteiger partial charge in [-0.3, -0.25) is 0 Å². The van der Waals surface area contributed by atoms with Gasteiger partial charge in [0, 0.05) is 19.5 Å². The van der Waals surface area contributed by atoms with Gasteiger partial charge in [-0.25, -0.2) is 0 Å². The van der Waals surface area contributed by atoms with Gasteiger partial charge in [-0.15, -0.1) is 0 Å². The Kier molecular flexibility index (Phi) is 14.8. The minimum atomic E-state index is 0. The van der Waals surface area contributed by atoms with Crippen LogP contribution in [0.4, 0.5) is 0 Å². The molecule has 0 rings (SSSR count). The van der Waals surface area contributed by atoms with E-state index in [2.05, 4.69) is 13.8 Å². The number of rotatable bonds is 3. The van der Waals surface area contributed by atoms with E-state index in [9.17, 15) is 0 Å². The molecule has 0 atom stereocenters. The van der Waals surface area contributed by atoms with Crippen LogP contribution in [0.2, 0.25) is 0 Å². The summed E-state index contributed by atoms with van der Waals surface area (Å²) in [5, 5.41) is 0. The minimum absolute atomic E-state index is 0. The Hall–Kier alpha value is 0.623. The second-order valence-electron chi connectivity index (χ2n) is 1.71. The first-order valence-electron chi connectivity index (χ1n) is 2.91. The molecule has 0 radical (unpaired) electrons. The predicted octanol–water partition coefficient (Wildman–Crippen LogP) is 2.58. The van der Waals surface area contributed by atoms with Gasteiger partial charge in [-0.05, 0) is 0 Å². The molecule has 0 bridgehead atoms. The third-order valence-electron chi connectivity index (χ3n) is 0.957. The molecule has 0 aliphatic carbocycles. The SMILES string of the molecule is CCCCCC.[Zn]. The summed E-state index contributed by atoms with van der Waals surface area (Å²) in [7, 11) is 0. The van der Waals surface area contributed by atoms with Gasteiger partial charge in [0.05, 0.1) is 0 Å². The third-order valence-corrected chi connectivity index (χ3v) is 0.957. The summed E-state index contributed by atoms with van der Waals surface area (Å²) < 4.78 is 0. The van der Waals surface area contributed by atoms with Crippen molar-refractivity contribution in [3.8, 4) is 0 Å². The summed E-state index contributed by atoms with van der Waals surface area (Å²) in [5.41, 5.74) is 0. The van der Waals surface area contributed by atoms with Crippen LogP contribution in [0.3, 0.4) is 0 Å². The zero-order valence-electron chi connectivity index (χ0n) is 5.54. The van der Waals surface area contributed by atoms with E-state index in [1.54, 1.807) is 0 Å². The van der Waals surface area contributed by atoms with Crippen LogP contribution in [0.25, 0.3) is 0 Å². The van der Waals surface area contributed by atoms with Gasteiger partial charge >= 0.3 is 0 Å². The molecule has 0 nitrogen and oxygen atoms in total. The molecule has 0 fully saturated rings. The molecule has 0 unspecified atom stereocenters. The standard InChI is InChI=1S/C6H14.Zn/c1-3-5-6-4-2;/h3-6H2,1-2H3;. The van der Waals surface area contributed by atoms with Crippen LogP contribution in [0.5, 0.6) is 0 Å². The van der Waals surface area contributed by atoms with E-state index in [1.807, 2.05) is 0 Å². The number of hydrogen-bond acceptors (Lipinski definition) is 0. The molecule has 0 N–H and O–H groups in total. The van der Waals surface area contributed by atoms with Crippen molar-refractivity contribution in [3.05, 3.63) is 0 Å². The molecule has 0 spiro atoms. The maximum atomic E-state index is 2.23. The van der Waals surface area contributed by atoms with Crippen LogP contribution in [-0.2, 0) is 19.5 Å². The quantitative estimate of drug-likeness (QED) is 0.430. The Balaban J connectivity index is 0. The Morgan fingerprint density at radius 2 is 1.14 bits per heavy atom. The molecular weight excluding hydrogens is 137 g/mol. The average Bonchev–Trinajstić information content (AvgIpc) is 1.61. The first-order chi connectivity index (χ1) is 2.91. The van der Waals surface area contributed by atoms with Crippen molar-refractivity contribution in [2.45, 2.75) is 39.5 Å². The summed E-state index contributed by atoms with van der Waals surface area (Å²) in [5.74, 6) is 0. The fourth-order valence-corrected chi connectivity index (χ4v) is 0.500. The molecule has 0 aromatic rings. The van der Waals surface area contributed by atoms with E-state index < -0.39 is 0 Å². The van der Waals surface area contributed by atoms with Crippen molar-refractivity contribution < 1.29 is 19.5 Å². The van der Waals surface area contributed by atoms with Crippen LogP contribution >= 0.6 is 0 Å². The molecule has 0 aromatic heterocycles. The molecule has 0 saturated carbocycles. The summed E-state index contributed by atoms with van der Waals surface area (Å²) in [6.45, 7) is 4.46. The number of hydrogen-bond donors (Lipinski definition) is 0. The monoisotopic (exact) mass is 150 g/mol. The second kappa shape index (κ2) is 9.80. The van der Waals surface area contributed by atoms with Crippen molar-refractivity contribution in [1.82, 2.24) is 0 Å². The second-order valence-corrected chi connectivity index (χ2v) is 1.71. The summed E-state index contributed by atoms with van der Waals surface area (Å²) in [4.78, 5) is 0. The normalized spacial score (nSPS) is 7.71. The van der Waals surface area contributed by atoms with Crippen molar-refractivity contribution in [2.24, 2.45) is 0 Å². The van der Waals surface area contributed by atoms with Gasteiger partial charge in [0.1, 0.15) is 0 Å². The van der Waals surface area contributed by atoms with Crippen LogP contribution < -0.4 is 0 Å². The molecule has 0 aliphatic rings. The Labute approximate surface area is 59.4 Å². The smallest absolute Gasteiger partial charge is 0 e. The van der Waals surface area contributed by atoms with Crippen molar-refractivity contribution >= 4 is 0 Å². The van der Waals surface area contributed by atoms with Gasteiger partial charge in [0.2, 0.25) is 0 Å². The van der Waals surface area contributed by atoms with Gasteiger partial charge in [0.15, 0.2) is 0 Å². The summed E-state index contributed by atoms with van der Waals surface area (Å²) in [6.07, 6.45) is 5.54. The molecule has 0 amide bonds. The fraction of sp³-hybridized carbons (Fsp3) is 1.00. The predicted molar refractivity (Wildman–Crippen MR) is 29.8 cm³/mol. The van der Waals surface area contributed by atoms with E-state index in [1.165, 1.54) is 25.7 Å². The molecule has 0 heterocycles. The van der Waals surface area contributed by atoms with Gasteiger partial charge < -0.3 is 0 Å². The molecule has 0 aliphatic heterocycles. The fourth-order valence-electron chi connectivity index (χ4n) is 0.500. The first kappa shape index (κ1) is 10.6. The summed E-state index contributed by atoms with van der Waals surface area (Å²) in [6, 6.07) is 0. The Morgan fingerprint density at radius 1 is 0.857 bits per heavy atom. The number of unbranched alkanes of at least 4 members (excludes halogenated alkanes) is 3. The maximum Gasteiger partial charge on any atom is 0 e. The van der Waals surface area contributed by atoms with Crippen LogP contribution in [0.15, 0.2) is 0 Å². The zero-order chi connectivity index (χ0) is 4.83. The topological polar surface area (TPSA) is 0 Å². The van der Waals surface area contributed by atoms with Crippen LogP contribution in [0, 0.1) is 0 Å². The largest absolute Gasteiger partial charge is 0.0654 e. The molecule has 40 valence electrons. The molecule has 0 aromatic carbocycles. The van der Waals surface area contributed by atoms with E-state index in [0.717, 1.165) is 0 Å². The van der Waals surface area contributed by atoms with Crippen LogP contribution in [0.1, 0.15) is 39.5 Å². The van der Waals surface area contributed by atoms with Gasteiger partial charge in [0.25, 0.3) is 0 Å². The average molecular weight is 152 g/mol. The third kappa shape index (κ3) is 10.8. The van der Waals surface area contributed by atoms with Crippen molar-refractivity contribution in [1.29, 1.82) is 0 Å². The first-order valence-corrected chi connectivity index (χ1v) is 2.91. The van der Waals surface area contributed by atoms with E-state index in [4.69, 9.17) is 0 Å². The van der Waals surface area contributed by atoms with E-state index in [0.29, 0.717) is 0 Å². The van der Waals surface area contributed by atoms with Crippen molar-refractivity contribution in [2.75, 3.05) is 0 Å². The van der Waals surface area contributed by atoms with E-state index >= 15 is 0 Å².